The second kappa shape index (κ2) is 7.26. The van der Waals surface area contributed by atoms with Crippen LogP contribution >= 0.6 is 0 Å². The van der Waals surface area contributed by atoms with Gasteiger partial charge in [0, 0.05) is 18.2 Å². The second-order valence-electron chi connectivity index (χ2n) is 4.94. The number of nitrogens with one attached hydrogen (secondary N) is 1. The molecular formula is C16H17N3O4. The Morgan fingerprint density at radius 3 is 2.57 bits per heavy atom. The minimum atomic E-state index is -0.706. The molecule has 0 aliphatic rings. The fraction of sp³-hybridized carbons (Fsp3) is 0.188. The van der Waals surface area contributed by atoms with Crippen LogP contribution in [0.25, 0.3) is 0 Å². The summed E-state index contributed by atoms with van der Waals surface area (Å²) in [6, 6.07) is 11.7. The standard InChI is InChI=1S/C16H17N3O4/c1-11-2-5-13(6-3-11)23-9-8-18-14-7-4-12(16(17)20)10-15(14)19(21)22/h2-7,10,18H,8-9H2,1H3,(H2,17,20). The molecule has 0 radical (unpaired) electrons. The first-order chi connectivity index (χ1) is 11.0. The van der Waals surface area contributed by atoms with Crippen LogP contribution in [-0.4, -0.2) is 24.0 Å². The molecule has 3 N–H and O–H groups in total. The lowest BCUT2D eigenvalue weighted by Gasteiger charge is -2.09. The van der Waals surface area contributed by atoms with Crippen molar-refractivity contribution < 1.29 is 14.5 Å². The number of ether oxygens (including phenoxy) is 1. The van der Waals surface area contributed by atoms with Crippen molar-refractivity contribution in [2.45, 2.75) is 6.92 Å². The molecule has 0 aliphatic carbocycles. The minimum absolute atomic E-state index is 0.0955. The van der Waals surface area contributed by atoms with Crippen molar-refractivity contribution in [1.82, 2.24) is 0 Å². The average Bonchev–Trinajstić information content (AvgIpc) is 2.53. The molecule has 23 heavy (non-hydrogen) atoms. The molecule has 7 nitrogen and oxygen atoms in total. The molecule has 2 aromatic rings. The van der Waals surface area contributed by atoms with Gasteiger partial charge in [0.15, 0.2) is 0 Å². The Morgan fingerprint density at radius 2 is 1.96 bits per heavy atom. The van der Waals surface area contributed by atoms with E-state index in [1.54, 1.807) is 0 Å². The van der Waals surface area contributed by atoms with Gasteiger partial charge in [0.2, 0.25) is 5.91 Å². The molecule has 7 heteroatoms. The third-order valence-electron chi connectivity index (χ3n) is 3.19. The molecular weight excluding hydrogens is 298 g/mol. The summed E-state index contributed by atoms with van der Waals surface area (Å²) in [4.78, 5) is 21.6. The van der Waals surface area contributed by atoms with Crippen molar-refractivity contribution in [3.8, 4) is 5.75 Å². The van der Waals surface area contributed by atoms with Crippen LogP contribution in [0.15, 0.2) is 42.5 Å². The lowest BCUT2D eigenvalue weighted by atomic mass is 10.1. The molecule has 0 saturated heterocycles. The number of carbonyl (C=O) groups is 1. The highest BCUT2D eigenvalue weighted by Crippen LogP contribution is 2.25. The summed E-state index contributed by atoms with van der Waals surface area (Å²) in [5.41, 5.74) is 6.48. The van der Waals surface area contributed by atoms with Crippen molar-refractivity contribution in [3.05, 3.63) is 63.7 Å². The first kappa shape index (κ1) is 16.3. The molecule has 2 aromatic carbocycles. The molecule has 0 saturated carbocycles. The maximum Gasteiger partial charge on any atom is 0.293 e. The Bertz CT molecular complexity index is 714. The third kappa shape index (κ3) is 4.44. The van der Waals surface area contributed by atoms with Gasteiger partial charge in [-0.15, -0.1) is 0 Å². The van der Waals surface area contributed by atoms with E-state index < -0.39 is 10.8 Å². The van der Waals surface area contributed by atoms with Crippen LogP contribution in [0.2, 0.25) is 0 Å². The number of anilines is 1. The lowest BCUT2D eigenvalue weighted by Crippen LogP contribution is -2.14. The molecule has 1 amide bonds. The summed E-state index contributed by atoms with van der Waals surface area (Å²) >= 11 is 0. The van der Waals surface area contributed by atoms with Gasteiger partial charge in [-0.05, 0) is 31.2 Å². The summed E-state index contributed by atoms with van der Waals surface area (Å²) in [6.45, 7) is 2.71. The number of hydrogen-bond acceptors (Lipinski definition) is 5. The van der Waals surface area contributed by atoms with E-state index in [0.717, 1.165) is 17.4 Å². The van der Waals surface area contributed by atoms with Crippen molar-refractivity contribution in [2.24, 2.45) is 5.73 Å². The van der Waals surface area contributed by atoms with Crippen LogP contribution in [0, 0.1) is 17.0 Å². The topological polar surface area (TPSA) is 107 Å². The van der Waals surface area contributed by atoms with E-state index in [4.69, 9.17) is 10.5 Å². The number of rotatable bonds is 7. The van der Waals surface area contributed by atoms with Crippen LogP contribution in [0.3, 0.4) is 0 Å². The maximum atomic E-state index is 11.1. The SMILES string of the molecule is Cc1ccc(OCCNc2ccc(C(N)=O)cc2[N+](=O)[O-])cc1. The van der Waals surface area contributed by atoms with Gasteiger partial charge in [-0.2, -0.15) is 0 Å². The molecule has 0 spiro atoms. The zero-order chi connectivity index (χ0) is 16.8. The maximum absolute atomic E-state index is 11.1. The number of primary amides is 1. The largest absolute Gasteiger partial charge is 0.492 e. The van der Waals surface area contributed by atoms with Crippen LogP contribution < -0.4 is 15.8 Å². The summed E-state index contributed by atoms with van der Waals surface area (Å²) in [7, 11) is 0. The van der Waals surface area contributed by atoms with Crippen LogP contribution in [-0.2, 0) is 0 Å². The Balaban J connectivity index is 1.96. The van der Waals surface area contributed by atoms with Gasteiger partial charge in [0.1, 0.15) is 18.0 Å². The number of hydrogen-bond donors (Lipinski definition) is 2. The first-order valence-corrected chi connectivity index (χ1v) is 6.99. The molecule has 0 bridgehead atoms. The minimum Gasteiger partial charge on any atom is -0.492 e. The number of nitro groups is 1. The van der Waals surface area contributed by atoms with E-state index in [-0.39, 0.29) is 11.3 Å². The van der Waals surface area contributed by atoms with Crippen molar-refractivity contribution in [3.63, 3.8) is 0 Å². The van der Waals surface area contributed by atoms with Crippen LogP contribution in [0.4, 0.5) is 11.4 Å². The van der Waals surface area contributed by atoms with Gasteiger partial charge in [0.05, 0.1) is 4.92 Å². The first-order valence-electron chi connectivity index (χ1n) is 6.99. The van der Waals surface area contributed by atoms with Crippen molar-refractivity contribution in [1.29, 1.82) is 0 Å². The molecule has 120 valence electrons. The molecule has 0 unspecified atom stereocenters. The summed E-state index contributed by atoms with van der Waals surface area (Å²) in [6.07, 6.45) is 0. The normalized spacial score (nSPS) is 10.1. The van der Waals surface area contributed by atoms with E-state index >= 15 is 0 Å². The number of nitrogens with zero attached hydrogens (tertiary/aromatic N) is 1. The average molecular weight is 315 g/mol. The molecule has 0 heterocycles. The Hall–Kier alpha value is -3.09. The van der Waals surface area contributed by atoms with E-state index in [0.29, 0.717) is 18.8 Å². The second-order valence-corrected chi connectivity index (χ2v) is 4.94. The Labute approximate surface area is 133 Å². The highest BCUT2D eigenvalue weighted by Gasteiger charge is 2.16. The number of amides is 1. The number of nitro benzene ring substituents is 1. The van der Waals surface area contributed by atoms with Gasteiger partial charge < -0.3 is 15.8 Å². The fourth-order valence-electron chi connectivity index (χ4n) is 1.97. The van der Waals surface area contributed by atoms with Crippen LogP contribution in [0.5, 0.6) is 5.75 Å². The summed E-state index contributed by atoms with van der Waals surface area (Å²) in [5, 5.41) is 14.0. The molecule has 2 rings (SSSR count). The number of aryl methyl sites for hydroxylation is 1. The highest BCUT2D eigenvalue weighted by atomic mass is 16.6. The number of carbonyl (C=O) groups excluding carboxylic acids is 1. The van der Waals surface area contributed by atoms with Gasteiger partial charge in [-0.3, -0.25) is 14.9 Å². The van der Waals surface area contributed by atoms with Crippen LogP contribution in [0.1, 0.15) is 15.9 Å². The zero-order valence-corrected chi connectivity index (χ0v) is 12.6. The van der Waals surface area contributed by atoms with E-state index in [1.807, 2.05) is 31.2 Å². The molecule has 0 atom stereocenters. The quantitative estimate of drug-likeness (QED) is 0.463. The lowest BCUT2D eigenvalue weighted by molar-refractivity contribution is -0.384. The fourth-order valence-corrected chi connectivity index (χ4v) is 1.97. The molecule has 0 aliphatic heterocycles. The predicted octanol–water partition coefficient (Wildman–Crippen LogP) is 2.49. The van der Waals surface area contributed by atoms with Gasteiger partial charge >= 0.3 is 0 Å². The Kier molecular flexibility index (Phi) is 5.14. The van der Waals surface area contributed by atoms with Crippen molar-refractivity contribution in [2.75, 3.05) is 18.5 Å². The predicted molar refractivity (Wildman–Crippen MR) is 86.8 cm³/mol. The van der Waals surface area contributed by atoms with E-state index in [1.165, 1.54) is 12.1 Å². The molecule has 0 aromatic heterocycles. The zero-order valence-electron chi connectivity index (χ0n) is 12.6. The van der Waals surface area contributed by atoms with E-state index in [9.17, 15) is 14.9 Å². The summed E-state index contributed by atoms with van der Waals surface area (Å²) < 4.78 is 5.54. The Morgan fingerprint density at radius 1 is 1.26 bits per heavy atom. The number of benzene rings is 2. The van der Waals surface area contributed by atoms with Gasteiger partial charge in [0.25, 0.3) is 5.69 Å². The molecule has 0 fully saturated rings. The summed E-state index contributed by atoms with van der Waals surface area (Å²) in [5.74, 6) is 0.0262. The third-order valence-corrected chi connectivity index (χ3v) is 3.19. The van der Waals surface area contributed by atoms with Gasteiger partial charge in [-0.25, -0.2) is 0 Å². The van der Waals surface area contributed by atoms with Crippen molar-refractivity contribution >= 4 is 17.3 Å². The smallest absolute Gasteiger partial charge is 0.293 e. The highest BCUT2D eigenvalue weighted by molar-refractivity contribution is 5.94. The monoisotopic (exact) mass is 315 g/mol. The van der Waals surface area contributed by atoms with E-state index in [2.05, 4.69) is 5.32 Å². The van der Waals surface area contributed by atoms with Gasteiger partial charge in [-0.1, -0.05) is 17.7 Å². The number of nitrogens with two attached hydrogens (primary N) is 1.